The molecule has 13 heteroatoms. The molecule has 0 unspecified atom stereocenters. The van der Waals surface area contributed by atoms with Crippen LogP contribution in [0.1, 0.15) is 110 Å². The summed E-state index contributed by atoms with van der Waals surface area (Å²) in [6.07, 6.45) is 5.84. The Labute approximate surface area is 409 Å². The number of benzene rings is 6. The SMILES string of the molecule is CCCCN(c1ccccc1CCc1ccc(C(=O)O)cc1)S(=O)(=O)c1c(C)c(C)c(C)c(C)c1C.CCCCN(c1ccccc1CCc1ccc(C(=O)O)cc1)S(=O)(=O)c1cccc(OC)c1. The summed E-state index contributed by atoms with van der Waals surface area (Å²) in [5, 5.41) is 18.2. The van der Waals surface area contributed by atoms with Gasteiger partial charge in [-0.05, 0) is 172 Å². The van der Waals surface area contributed by atoms with Crippen molar-refractivity contribution in [3.05, 3.63) is 183 Å². The maximum absolute atomic E-state index is 14.3. The van der Waals surface area contributed by atoms with E-state index >= 15 is 0 Å². The zero-order chi connectivity index (χ0) is 50.5. The van der Waals surface area contributed by atoms with E-state index in [1.807, 2.05) is 102 Å². The van der Waals surface area contributed by atoms with E-state index < -0.39 is 32.0 Å². The van der Waals surface area contributed by atoms with Crippen molar-refractivity contribution in [1.29, 1.82) is 0 Å². The molecular formula is C56H66N2O9S2. The second-order valence-corrected chi connectivity index (χ2v) is 20.9. The largest absolute Gasteiger partial charge is 0.497 e. The summed E-state index contributed by atoms with van der Waals surface area (Å²) in [6, 6.07) is 35.4. The Morgan fingerprint density at radius 3 is 1.32 bits per heavy atom. The van der Waals surface area contributed by atoms with Gasteiger partial charge in [0.05, 0.1) is 39.4 Å². The number of aryl methyl sites for hydroxylation is 4. The molecule has 0 aliphatic heterocycles. The fraction of sp³-hybridized carbons (Fsp3) is 0.321. The van der Waals surface area contributed by atoms with Gasteiger partial charge in [-0.25, -0.2) is 26.4 Å². The first kappa shape index (κ1) is 53.5. The molecule has 0 saturated heterocycles. The molecule has 11 nitrogen and oxygen atoms in total. The average Bonchev–Trinajstić information content (AvgIpc) is 3.35. The minimum atomic E-state index is -3.80. The third-order valence-corrected chi connectivity index (χ3v) is 16.7. The Kier molecular flexibility index (Phi) is 18.8. The first-order valence-corrected chi connectivity index (χ1v) is 26.3. The molecule has 0 atom stereocenters. The third kappa shape index (κ3) is 13.0. The molecule has 6 aromatic carbocycles. The number of carboxylic acid groups (broad SMARTS) is 2. The van der Waals surface area contributed by atoms with Crippen molar-refractivity contribution in [2.75, 3.05) is 28.8 Å². The number of hydrogen-bond acceptors (Lipinski definition) is 7. The summed E-state index contributed by atoms with van der Waals surface area (Å²) < 4.78 is 64.2. The van der Waals surface area contributed by atoms with Crippen LogP contribution in [-0.4, -0.2) is 59.2 Å². The number of hydrogen-bond donors (Lipinski definition) is 2. The van der Waals surface area contributed by atoms with Gasteiger partial charge in [0.2, 0.25) is 0 Å². The molecule has 0 aromatic heterocycles. The van der Waals surface area contributed by atoms with Gasteiger partial charge in [-0.1, -0.05) is 93.4 Å². The second kappa shape index (κ2) is 24.2. The fourth-order valence-corrected chi connectivity index (χ4v) is 12.0. The first-order chi connectivity index (χ1) is 32.9. The first-order valence-electron chi connectivity index (χ1n) is 23.4. The normalized spacial score (nSPS) is 11.4. The molecule has 6 rings (SSSR count). The van der Waals surface area contributed by atoms with Gasteiger partial charge in [0, 0.05) is 19.2 Å². The van der Waals surface area contributed by atoms with Crippen molar-refractivity contribution in [3.8, 4) is 5.75 Å². The van der Waals surface area contributed by atoms with Crippen molar-refractivity contribution >= 4 is 43.4 Å². The van der Waals surface area contributed by atoms with E-state index in [0.717, 1.165) is 75.8 Å². The van der Waals surface area contributed by atoms with Crippen molar-refractivity contribution in [3.63, 3.8) is 0 Å². The van der Waals surface area contributed by atoms with E-state index in [9.17, 15) is 26.4 Å². The number of aromatic carboxylic acids is 2. The van der Waals surface area contributed by atoms with Gasteiger partial charge >= 0.3 is 11.9 Å². The Morgan fingerprint density at radius 1 is 0.507 bits per heavy atom. The van der Waals surface area contributed by atoms with Crippen LogP contribution >= 0.6 is 0 Å². The molecule has 0 aliphatic rings. The highest BCUT2D eigenvalue weighted by Crippen LogP contribution is 2.36. The maximum Gasteiger partial charge on any atom is 0.335 e. The van der Waals surface area contributed by atoms with Gasteiger partial charge in [0.15, 0.2) is 0 Å². The molecule has 0 spiro atoms. The van der Waals surface area contributed by atoms with Crippen molar-refractivity contribution in [2.45, 2.75) is 110 Å². The topological polar surface area (TPSA) is 159 Å². The van der Waals surface area contributed by atoms with Gasteiger partial charge in [0.1, 0.15) is 5.75 Å². The molecule has 2 N–H and O–H groups in total. The summed E-state index contributed by atoms with van der Waals surface area (Å²) in [4.78, 5) is 22.8. The number of sulfonamides is 2. The van der Waals surface area contributed by atoms with E-state index in [1.165, 1.54) is 11.4 Å². The predicted octanol–water partition coefficient (Wildman–Crippen LogP) is 11.9. The summed E-state index contributed by atoms with van der Waals surface area (Å²) >= 11 is 0. The molecule has 0 saturated carbocycles. The van der Waals surface area contributed by atoms with Crippen LogP contribution in [-0.2, 0) is 45.7 Å². The quantitative estimate of drug-likeness (QED) is 0.0716. The number of nitrogens with zero attached hydrogens (tertiary/aromatic N) is 2. The Hall–Kier alpha value is -6.44. The van der Waals surface area contributed by atoms with Crippen LogP contribution in [0.3, 0.4) is 0 Å². The van der Waals surface area contributed by atoms with Gasteiger partial charge in [-0.2, -0.15) is 0 Å². The molecule has 0 aliphatic carbocycles. The number of ether oxygens (including phenoxy) is 1. The van der Waals surface area contributed by atoms with E-state index in [4.69, 9.17) is 14.9 Å². The lowest BCUT2D eigenvalue weighted by molar-refractivity contribution is 0.0686. The summed E-state index contributed by atoms with van der Waals surface area (Å²) in [7, 11) is -6.08. The Morgan fingerprint density at radius 2 is 0.913 bits per heavy atom. The third-order valence-electron chi connectivity index (χ3n) is 12.8. The lowest BCUT2D eigenvalue weighted by Gasteiger charge is -2.29. The van der Waals surface area contributed by atoms with E-state index in [1.54, 1.807) is 65.0 Å². The molecule has 69 heavy (non-hydrogen) atoms. The molecular weight excluding hydrogens is 909 g/mol. The van der Waals surface area contributed by atoms with Crippen LogP contribution in [0.25, 0.3) is 0 Å². The minimum absolute atomic E-state index is 0.192. The van der Waals surface area contributed by atoms with E-state index in [2.05, 4.69) is 6.92 Å². The summed E-state index contributed by atoms with van der Waals surface area (Å²) in [6.45, 7) is 14.7. The lowest BCUT2D eigenvalue weighted by Crippen LogP contribution is -2.34. The zero-order valence-corrected chi connectivity index (χ0v) is 42.7. The number of methoxy groups -OCH3 is 1. The fourth-order valence-electron chi connectivity index (χ4n) is 8.31. The highest BCUT2D eigenvalue weighted by atomic mass is 32.2. The van der Waals surface area contributed by atoms with Crippen LogP contribution in [0.2, 0.25) is 0 Å². The van der Waals surface area contributed by atoms with E-state index in [0.29, 0.717) is 60.8 Å². The lowest BCUT2D eigenvalue weighted by atomic mass is 9.95. The molecule has 0 radical (unpaired) electrons. The summed E-state index contributed by atoms with van der Waals surface area (Å²) in [5.74, 6) is -1.42. The van der Waals surface area contributed by atoms with Gasteiger partial charge < -0.3 is 14.9 Å². The number of para-hydroxylation sites is 2. The zero-order valence-electron chi connectivity index (χ0n) is 41.1. The number of carbonyl (C=O) groups is 2. The number of unbranched alkanes of at least 4 members (excludes halogenated alkanes) is 2. The Bertz CT molecular complexity index is 2920. The van der Waals surface area contributed by atoms with Gasteiger partial charge in [-0.15, -0.1) is 0 Å². The molecule has 0 fully saturated rings. The van der Waals surface area contributed by atoms with Crippen LogP contribution in [0.5, 0.6) is 5.75 Å². The number of rotatable bonds is 21. The number of carboxylic acids is 2. The van der Waals surface area contributed by atoms with Crippen LogP contribution < -0.4 is 13.3 Å². The van der Waals surface area contributed by atoms with Gasteiger partial charge in [-0.3, -0.25) is 8.61 Å². The smallest absolute Gasteiger partial charge is 0.335 e. The maximum atomic E-state index is 14.3. The van der Waals surface area contributed by atoms with Crippen molar-refractivity contribution < 1.29 is 41.4 Å². The molecule has 366 valence electrons. The molecule has 6 aromatic rings. The average molecular weight is 975 g/mol. The number of anilines is 2. The molecule has 0 bridgehead atoms. The standard InChI is InChI=1S/C30H37NO4S.C26H29NO5S/c1-7-8-19-31(36(34,35)29-23(5)21(3)20(2)22(4)24(29)6)28-12-10-9-11-26(28)16-13-25-14-17-27(18-15-25)30(32)33;1-3-4-18-27(33(30,31)24-10-7-9-23(19-24)32-2)25-11-6-5-8-21(25)15-12-20-13-16-22(17-14-20)26(28)29/h9-12,14-15,17-18H,7-8,13,16,19H2,1-6H3,(H,32,33);5-11,13-14,16-17,19H,3-4,12,15,18H2,1-2H3,(H,28,29). The highest BCUT2D eigenvalue weighted by molar-refractivity contribution is 7.93. The van der Waals surface area contributed by atoms with Crippen molar-refractivity contribution in [2.24, 2.45) is 0 Å². The monoisotopic (exact) mass is 974 g/mol. The molecule has 0 heterocycles. The highest BCUT2D eigenvalue weighted by Gasteiger charge is 2.31. The van der Waals surface area contributed by atoms with Crippen LogP contribution in [0.4, 0.5) is 11.4 Å². The second-order valence-electron chi connectivity index (χ2n) is 17.3. The minimum Gasteiger partial charge on any atom is -0.497 e. The van der Waals surface area contributed by atoms with Crippen molar-refractivity contribution in [1.82, 2.24) is 0 Å². The molecule has 0 amide bonds. The van der Waals surface area contributed by atoms with Gasteiger partial charge in [0.25, 0.3) is 20.0 Å². The van der Waals surface area contributed by atoms with Crippen LogP contribution in [0.15, 0.2) is 131 Å². The summed E-state index contributed by atoms with van der Waals surface area (Å²) in [5.41, 5.74) is 10.5. The Balaban J connectivity index is 0.000000258. The predicted molar refractivity (Wildman–Crippen MR) is 277 cm³/mol. The van der Waals surface area contributed by atoms with E-state index in [-0.39, 0.29) is 16.0 Å². The van der Waals surface area contributed by atoms with Crippen LogP contribution in [0, 0.1) is 34.6 Å².